The molecule has 1 aromatic carbocycles. The maximum atomic E-state index is 10.5. The molecule has 0 heterocycles. The third-order valence-electron chi connectivity index (χ3n) is 4.04. The first kappa shape index (κ1) is 16.8. The van der Waals surface area contributed by atoms with E-state index >= 15 is 0 Å². The molecule has 0 saturated heterocycles. The predicted molar refractivity (Wildman–Crippen MR) is 89.7 cm³/mol. The second-order valence-corrected chi connectivity index (χ2v) is 6.90. The molecule has 1 aliphatic rings. The molecule has 4 heteroatoms. The van der Waals surface area contributed by atoms with Gasteiger partial charge in [-0.25, -0.2) is 0 Å². The zero-order chi connectivity index (χ0) is 15.1. The highest BCUT2D eigenvalue weighted by molar-refractivity contribution is 9.10. The van der Waals surface area contributed by atoms with Gasteiger partial charge < -0.3 is 15.2 Å². The summed E-state index contributed by atoms with van der Waals surface area (Å²) in [6, 6.07) is 6.10. The van der Waals surface area contributed by atoms with Crippen molar-refractivity contribution < 1.29 is 9.84 Å². The van der Waals surface area contributed by atoms with Gasteiger partial charge in [0.25, 0.3) is 0 Å². The summed E-state index contributed by atoms with van der Waals surface area (Å²) in [7, 11) is 0. The second-order valence-electron chi connectivity index (χ2n) is 5.99. The smallest absolute Gasteiger partial charge is 0.123 e. The minimum Gasteiger partial charge on any atom is -0.493 e. The van der Waals surface area contributed by atoms with Gasteiger partial charge in [0.1, 0.15) is 5.75 Å². The van der Waals surface area contributed by atoms with Crippen LogP contribution in [0.5, 0.6) is 5.75 Å². The molecule has 0 aliphatic heterocycles. The maximum Gasteiger partial charge on any atom is 0.123 e. The number of aliphatic hydroxyl groups is 1. The van der Waals surface area contributed by atoms with Crippen molar-refractivity contribution in [3.63, 3.8) is 0 Å². The van der Waals surface area contributed by atoms with Crippen LogP contribution in [0.4, 0.5) is 0 Å². The lowest BCUT2D eigenvalue weighted by molar-refractivity contribution is 0.00463. The average molecular weight is 356 g/mol. The molecule has 0 radical (unpaired) electrons. The van der Waals surface area contributed by atoms with Crippen molar-refractivity contribution in [2.75, 3.05) is 13.2 Å². The third-order valence-corrected chi connectivity index (χ3v) is 4.53. The third kappa shape index (κ3) is 5.28. The number of hydrogen-bond acceptors (Lipinski definition) is 3. The van der Waals surface area contributed by atoms with E-state index in [-0.39, 0.29) is 0 Å². The Morgan fingerprint density at radius 2 is 2.05 bits per heavy atom. The molecule has 118 valence electrons. The second kappa shape index (κ2) is 8.16. The van der Waals surface area contributed by atoms with Crippen molar-refractivity contribution in [3.05, 3.63) is 28.2 Å². The molecule has 0 aromatic heterocycles. The van der Waals surface area contributed by atoms with Gasteiger partial charge in [-0.2, -0.15) is 0 Å². The molecule has 0 bridgehead atoms. The number of rotatable bonds is 7. The highest BCUT2D eigenvalue weighted by atomic mass is 79.9. The summed E-state index contributed by atoms with van der Waals surface area (Å²) in [5, 5.41) is 13.9. The summed E-state index contributed by atoms with van der Waals surface area (Å²) >= 11 is 3.51. The van der Waals surface area contributed by atoms with E-state index in [4.69, 9.17) is 4.74 Å². The fraction of sp³-hybridized carbons (Fsp3) is 0.647. The molecule has 1 saturated carbocycles. The first-order valence-electron chi connectivity index (χ1n) is 7.97. The molecule has 1 aliphatic carbocycles. The molecule has 3 nitrogen and oxygen atoms in total. The molecule has 0 unspecified atom stereocenters. The van der Waals surface area contributed by atoms with Crippen molar-refractivity contribution in [3.8, 4) is 5.75 Å². The molecule has 0 spiro atoms. The molecule has 0 atom stereocenters. The Hall–Kier alpha value is -0.580. The Morgan fingerprint density at radius 1 is 1.29 bits per heavy atom. The zero-order valence-electron chi connectivity index (χ0n) is 12.8. The number of halogens is 1. The van der Waals surface area contributed by atoms with Crippen LogP contribution in [0.15, 0.2) is 22.7 Å². The number of ether oxygens (including phenoxy) is 1. The fourth-order valence-corrected chi connectivity index (χ4v) is 3.26. The Labute approximate surface area is 136 Å². The number of nitrogens with one attached hydrogen (secondary N) is 1. The summed E-state index contributed by atoms with van der Waals surface area (Å²) in [5.74, 6) is 0.934. The monoisotopic (exact) mass is 355 g/mol. The minimum atomic E-state index is -0.519. The topological polar surface area (TPSA) is 41.5 Å². The van der Waals surface area contributed by atoms with Crippen molar-refractivity contribution in [2.45, 2.75) is 57.6 Å². The van der Waals surface area contributed by atoms with Crippen molar-refractivity contribution >= 4 is 15.9 Å². The van der Waals surface area contributed by atoms with Crippen LogP contribution in [0.3, 0.4) is 0 Å². The van der Waals surface area contributed by atoms with E-state index in [0.717, 1.165) is 61.0 Å². The SMILES string of the molecule is CCCOc1ccc(Br)cc1CNCC1(O)CCCCC1. The summed E-state index contributed by atoms with van der Waals surface area (Å²) in [6.07, 6.45) is 6.36. The normalized spacial score (nSPS) is 17.7. The molecule has 2 N–H and O–H groups in total. The number of benzene rings is 1. The van der Waals surface area contributed by atoms with Crippen LogP contribution >= 0.6 is 15.9 Å². The summed E-state index contributed by atoms with van der Waals surface area (Å²) < 4.78 is 6.84. The van der Waals surface area contributed by atoms with Gasteiger partial charge in [0, 0.05) is 23.1 Å². The Morgan fingerprint density at radius 3 is 2.76 bits per heavy atom. The van der Waals surface area contributed by atoms with Crippen LogP contribution in [-0.2, 0) is 6.54 Å². The van der Waals surface area contributed by atoms with Gasteiger partial charge in [0.2, 0.25) is 0 Å². The van der Waals surface area contributed by atoms with Crippen molar-refractivity contribution in [1.82, 2.24) is 5.32 Å². The highest BCUT2D eigenvalue weighted by Gasteiger charge is 2.28. The molecule has 21 heavy (non-hydrogen) atoms. The summed E-state index contributed by atoms with van der Waals surface area (Å²) in [4.78, 5) is 0. The minimum absolute atomic E-state index is 0.519. The summed E-state index contributed by atoms with van der Waals surface area (Å²) in [5.41, 5.74) is 0.617. The van der Waals surface area contributed by atoms with Gasteiger partial charge in [0.15, 0.2) is 0 Å². The highest BCUT2D eigenvalue weighted by Crippen LogP contribution is 2.28. The lowest BCUT2D eigenvalue weighted by Crippen LogP contribution is -2.41. The zero-order valence-corrected chi connectivity index (χ0v) is 14.4. The Balaban J connectivity index is 1.90. The van der Waals surface area contributed by atoms with E-state index < -0.39 is 5.60 Å². The van der Waals surface area contributed by atoms with Gasteiger partial charge in [-0.15, -0.1) is 0 Å². The lowest BCUT2D eigenvalue weighted by Gasteiger charge is -2.32. The van der Waals surface area contributed by atoms with Gasteiger partial charge in [-0.3, -0.25) is 0 Å². The molecule has 2 rings (SSSR count). The van der Waals surface area contributed by atoms with Gasteiger partial charge >= 0.3 is 0 Å². The van der Waals surface area contributed by atoms with Crippen LogP contribution < -0.4 is 10.1 Å². The van der Waals surface area contributed by atoms with Crippen LogP contribution in [-0.4, -0.2) is 23.9 Å². The lowest BCUT2D eigenvalue weighted by atomic mass is 9.85. The standard InChI is InChI=1S/C17H26BrNO2/c1-2-10-21-16-7-6-15(18)11-14(16)12-19-13-17(20)8-4-3-5-9-17/h6-7,11,19-20H,2-5,8-10,12-13H2,1H3. The Bertz CT molecular complexity index is 444. The molecular weight excluding hydrogens is 330 g/mol. The quantitative estimate of drug-likeness (QED) is 0.775. The first-order chi connectivity index (χ1) is 10.1. The molecular formula is C17H26BrNO2. The number of hydrogen-bond donors (Lipinski definition) is 2. The van der Waals surface area contributed by atoms with Crippen LogP contribution in [0.2, 0.25) is 0 Å². The van der Waals surface area contributed by atoms with E-state index in [0.29, 0.717) is 6.54 Å². The van der Waals surface area contributed by atoms with Gasteiger partial charge in [0.05, 0.1) is 12.2 Å². The van der Waals surface area contributed by atoms with E-state index in [1.165, 1.54) is 6.42 Å². The van der Waals surface area contributed by atoms with Crippen molar-refractivity contribution in [1.29, 1.82) is 0 Å². The fourth-order valence-electron chi connectivity index (χ4n) is 2.86. The van der Waals surface area contributed by atoms with Crippen molar-refractivity contribution in [2.24, 2.45) is 0 Å². The Kier molecular flexibility index (Phi) is 6.52. The van der Waals surface area contributed by atoms with E-state index in [2.05, 4.69) is 34.2 Å². The van der Waals surface area contributed by atoms with Crippen LogP contribution in [0, 0.1) is 0 Å². The van der Waals surface area contributed by atoms with Gasteiger partial charge in [-0.05, 0) is 37.5 Å². The van der Waals surface area contributed by atoms with Gasteiger partial charge in [-0.1, -0.05) is 42.1 Å². The molecule has 1 aromatic rings. The average Bonchev–Trinajstić information content (AvgIpc) is 2.47. The van der Waals surface area contributed by atoms with E-state index in [1.807, 2.05) is 12.1 Å². The first-order valence-corrected chi connectivity index (χ1v) is 8.76. The largest absolute Gasteiger partial charge is 0.493 e. The van der Waals surface area contributed by atoms with Crippen LogP contribution in [0.25, 0.3) is 0 Å². The predicted octanol–water partition coefficient (Wildman–Crippen LogP) is 4.02. The van der Waals surface area contributed by atoms with E-state index in [9.17, 15) is 5.11 Å². The molecule has 1 fully saturated rings. The van der Waals surface area contributed by atoms with E-state index in [1.54, 1.807) is 0 Å². The summed E-state index contributed by atoms with van der Waals surface area (Å²) in [6.45, 7) is 4.22. The maximum absolute atomic E-state index is 10.5. The van der Waals surface area contributed by atoms with Crippen LogP contribution in [0.1, 0.15) is 51.0 Å². The molecule has 0 amide bonds.